The van der Waals surface area contributed by atoms with Crippen LogP contribution in [0.4, 0.5) is 4.39 Å². The molecule has 4 nitrogen and oxygen atoms in total. The number of benzene rings is 3. The molecule has 0 saturated carbocycles. The highest BCUT2D eigenvalue weighted by Gasteiger charge is 2.45. The van der Waals surface area contributed by atoms with Gasteiger partial charge >= 0.3 is 0 Å². The number of likely N-dealkylation sites (tertiary alicyclic amines) is 1. The van der Waals surface area contributed by atoms with Crippen molar-refractivity contribution in [1.82, 2.24) is 9.80 Å². The molecule has 0 amide bonds. The van der Waals surface area contributed by atoms with Crippen molar-refractivity contribution in [3.63, 3.8) is 0 Å². The summed E-state index contributed by atoms with van der Waals surface area (Å²) in [5.41, 5.74) is 4.92. The van der Waals surface area contributed by atoms with Gasteiger partial charge in [0.05, 0.1) is 6.54 Å². The Hall–Kier alpha value is -3.18. The highest BCUT2D eigenvalue weighted by molar-refractivity contribution is 5.76. The second kappa shape index (κ2) is 8.88. The third-order valence-corrected chi connectivity index (χ3v) is 7.48. The maximum Gasteiger partial charge on any atom is 0.288 e. The Bertz CT molecular complexity index is 1180. The Kier molecular flexibility index (Phi) is 5.58. The van der Waals surface area contributed by atoms with Gasteiger partial charge in [0.15, 0.2) is 0 Å². The second-order valence-corrected chi connectivity index (χ2v) is 9.83. The fourth-order valence-electron chi connectivity index (χ4n) is 5.67. The Morgan fingerprint density at radius 3 is 2.59 bits per heavy atom. The van der Waals surface area contributed by atoms with E-state index >= 15 is 0 Å². The zero-order chi connectivity index (χ0) is 23.0. The third kappa shape index (κ3) is 4.21. The molecule has 1 fully saturated rings. The number of nitrogens with zero attached hydrogens (tertiary/aromatic N) is 3. The number of hydrogen-bond donors (Lipinski definition) is 0. The molecule has 174 valence electrons. The molecule has 0 radical (unpaired) electrons. The van der Waals surface area contributed by atoms with Crippen molar-refractivity contribution < 1.29 is 9.13 Å². The smallest absolute Gasteiger partial charge is 0.288 e. The first kappa shape index (κ1) is 21.4. The average molecular weight is 456 g/mol. The van der Waals surface area contributed by atoms with E-state index in [1.807, 2.05) is 12.1 Å². The lowest BCUT2D eigenvalue weighted by Gasteiger charge is -2.30. The van der Waals surface area contributed by atoms with Gasteiger partial charge in [-0.1, -0.05) is 66.7 Å². The molecule has 0 N–H and O–H groups in total. The van der Waals surface area contributed by atoms with Gasteiger partial charge in [0.1, 0.15) is 11.4 Å². The van der Waals surface area contributed by atoms with Crippen molar-refractivity contribution in [3.8, 4) is 0 Å². The standard InChI is InChI=1S/C29H30FN3O/c30-25-12-10-24(11-13-25)27-19-33(16-14-23-8-4-5-9-26(23)27)28-31-20-29(34-28)15-17-32(21-29)18-22-6-2-1-3-7-22/h1-13,27H,14-21H2/t27-,29?/m0/s1. The number of amidine groups is 1. The van der Waals surface area contributed by atoms with Gasteiger partial charge in [-0.2, -0.15) is 0 Å². The zero-order valence-electron chi connectivity index (χ0n) is 19.4. The van der Waals surface area contributed by atoms with E-state index in [0.717, 1.165) is 63.7 Å². The van der Waals surface area contributed by atoms with Crippen LogP contribution in [-0.4, -0.2) is 54.1 Å². The van der Waals surface area contributed by atoms with Crippen LogP contribution in [0.2, 0.25) is 0 Å². The maximum atomic E-state index is 13.6. The van der Waals surface area contributed by atoms with E-state index in [4.69, 9.17) is 9.73 Å². The van der Waals surface area contributed by atoms with Crippen LogP contribution in [0.5, 0.6) is 0 Å². The number of halogens is 1. The van der Waals surface area contributed by atoms with Gasteiger partial charge in [-0.05, 0) is 40.8 Å². The first-order valence-corrected chi connectivity index (χ1v) is 12.3. The van der Waals surface area contributed by atoms with Crippen molar-refractivity contribution >= 4 is 6.02 Å². The van der Waals surface area contributed by atoms with Crippen LogP contribution < -0.4 is 0 Å². The molecule has 1 unspecified atom stereocenters. The van der Waals surface area contributed by atoms with E-state index in [1.54, 1.807) is 12.1 Å². The summed E-state index contributed by atoms with van der Waals surface area (Å²) in [5, 5.41) is 0. The van der Waals surface area contributed by atoms with Crippen molar-refractivity contribution in [2.24, 2.45) is 4.99 Å². The lowest BCUT2D eigenvalue weighted by atomic mass is 9.88. The normalized spacial score (nSPS) is 24.6. The Labute approximate surface area is 200 Å². The molecule has 2 atom stereocenters. The number of hydrogen-bond acceptors (Lipinski definition) is 4. The number of fused-ring (bicyclic) bond motifs is 1. The second-order valence-electron chi connectivity index (χ2n) is 9.83. The topological polar surface area (TPSA) is 28.1 Å². The van der Waals surface area contributed by atoms with Crippen LogP contribution in [-0.2, 0) is 17.7 Å². The molecule has 1 spiro atoms. The highest BCUT2D eigenvalue weighted by Crippen LogP contribution is 2.35. The molecular weight excluding hydrogens is 425 g/mol. The van der Waals surface area contributed by atoms with E-state index in [0.29, 0.717) is 0 Å². The summed E-state index contributed by atoms with van der Waals surface area (Å²) in [6.07, 6.45) is 1.95. The summed E-state index contributed by atoms with van der Waals surface area (Å²) in [5.74, 6) is -0.0467. The van der Waals surface area contributed by atoms with Crippen LogP contribution in [0.1, 0.15) is 34.6 Å². The fourth-order valence-corrected chi connectivity index (χ4v) is 5.67. The lowest BCUT2D eigenvalue weighted by Crippen LogP contribution is -2.41. The molecule has 34 heavy (non-hydrogen) atoms. The summed E-state index contributed by atoms with van der Waals surface area (Å²) in [4.78, 5) is 9.70. The Morgan fingerprint density at radius 2 is 1.74 bits per heavy atom. The summed E-state index contributed by atoms with van der Waals surface area (Å²) in [7, 11) is 0. The van der Waals surface area contributed by atoms with Gasteiger partial charge in [0.25, 0.3) is 6.02 Å². The lowest BCUT2D eigenvalue weighted by molar-refractivity contribution is 0.0740. The molecule has 1 saturated heterocycles. The largest absolute Gasteiger partial charge is 0.455 e. The van der Waals surface area contributed by atoms with Crippen LogP contribution in [0.3, 0.4) is 0 Å². The van der Waals surface area contributed by atoms with Crippen molar-refractivity contribution in [3.05, 3.63) is 107 Å². The predicted octanol–water partition coefficient (Wildman–Crippen LogP) is 4.85. The van der Waals surface area contributed by atoms with Gasteiger partial charge in [-0.25, -0.2) is 9.38 Å². The third-order valence-electron chi connectivity index (χ3n) is 7.48. The molecule has 3 aromatic rings. The zero-order valence-corrected chi connectivity index (χ0v) is 19.4. The highest BCUT2D eigenvalue weighted by atomic mass is 19.1. The minimum Gasteiger partial charge on any atom is -0.455 e. The monoisotopic (exact) mass is 455 g/mol. The predicted molar refractivity (Wildman–Crippen MR) is 132 cm³/mol. The van der Waals surface area contributed by atoms with E-state index in [-0.39, 0.29) is 17.3 Å². The Morgan fingerprint density at radius 1 is 0.941 bits per heavy atom. The Balaban J connectivity index is 1.19. The number of rotatable bonds is 3. The maximum absolute atomic E-state index is 13.6. The first-order chi connectivity index (χ1) is 16.7. The van der Waals surface area contributed by atoms with Crippen LogP contribution in [0.15, 0.2) is 83.9 Å². The van der Waals surface area contributed by atoms with Gasteiger partial charge < -0.3 is 9.64 Å². The van der Waals surface area contributed by atoms with Crippen LogP contribution in [0, 0.1) is 5.82 Å². The molecule has 0 bridgehead atoms. The average Bonchev–Trinajstić information content (AvgIpc) is 3.41. The molecule has 3 aliphatic heterocycles. The summed E-state index contributed by atoms with van der Waals surface area (Å²) < 4.78 is 20.3. The van der Waals surface area contributed by atoms with Crippen molar-refractivity contribution in [1.29, 1.82) is 0 Å². The van der Waals surface area contributed by atoms with E-state index in [9.17, 15) is 4.39 Å². The molecule has 3 aliphatic rings. The fraction of sp³-hybridized carbons (Fsp3) is 0.345. The van der Waals surface area contributed by atoms with E-state index in [2.05, 4.69) is 64.4 Å². The molecule has 5 heteroatoms. The molecular formula is C29H30FN3O. The quantitative estimate of drug-likeness (QED) is 0.565. The summed E-state index contributed by atoms with van der Waals surface area (Å²) in [6.45, 7) is 5.26. The first-order valence-electron chi connectivity index (χ1n) is 12.3. The van der Waals surface area contributed by atoms with Gasteiger partial charge in [-0.3, -0.25) is 4.90 Å². The molecule has 0 aromatic heterocycles. The summed E-state index contributed by atoms with van der Waals surface area (Å²) >= 11 is 0. The minimum atomic E-state index is -0.214. The van der Waals surface area contributed by atoms with Crippen molar-refractivity contribution in [2.75, 3.05) is 32.7 Å². The number of aliphatic imine (C=N–C) groups is 1. The van der Waals surface area contributed by atoms with E-state index < -0.39 is 0 Å². The number of ether oxygens (including phenoxy) is 1. The molecule has 0 aliphatic carbocycles. The van der Waals surface area contributed by atoms with Gasteiger partial charge in [-0.15, -0.1) is 0 Å². The molecule has 6 rings (SSSR count). The van der Waals surface area contributed by atoms with Gasteiger partial charge in [0, 0.05) is 45.1 Å². The van der Waals surface area contributed by atoms with E-state index in [1.165, 1.54) is 16.7 Å². The molecule has 3 aromatic carbocycles. The SMILES string of the molecule is Fc1ccc([C@@H]2CN(C3=NCC4(CCN(Cc5ccccc5)C4)O3)CCc3ccccc32)cc1. The van der Waals surface area contributed by atoms with Crippen LogP contribution >= 0.6 is 0 Å². The van der Waals surface area contributed by atoms with Crippen molar-refractivity contribution in [2.45, 2.75) is 30.9 Å². The van der Waals surface area contributed by atoms with Gasteiger partial charge in [0.2, 0.25) is 0 Å². The molecule has 3 heterocycles. The summed E-state index contributed by atoms with van der Waals surface area (Å²) in [6, 6.07) is 27.0. The minimum absolute atomic E-state index is 0.153. The van der Waals surface area contributed by atoms with Crippen LogP contribution in [0.25, 0.3) is 0 Å².